The van der Waals surface area contributed by atoms with Gasteiger partial charge in [-0.15, -0.1) is 0 Å². The van der Waals surface area contributed by atoms with Gasteiger partial charge in [0.15, 0.2) is 0 Å². The number of carbonyl (C=O) groups is 3. The van der Waals surface area contributed by atoms with Crippen LogP contribution in [0.1, 0.15) is 34.9 Å². The molecule has 1 aromatic heterocycles. The molecule has 31 heavy (non-hydrogen) atoms. The number of imide groups is 1. The Morgan fingerprint density at radius 1 is 1.06 bits per heavy atom. The number of rotatable bonds is 3. The van der Waals surface area contributed by atoms with Crippen molar-refractivity contribution >= 4 is 34.6 Å². The molecule has 8 nitrogen and oxygen atoms in total. The maximum Gasteiger partial charge on any atom is 0.329 e. The van der Waals surface area contributed by atoms with Crippen molar-refractivity contribution in [2.45, 2.75) is 18.8 Å². The number of fused-ring (bicyclic) bond motifs is 1. The van der Waals surface area contributed by atoms with Gasteiger partial charge in [-0.25, -0.2) is 14.2 Å². The van der Waals surface area contributed by atoms with Gasteiger partial charge < -0.3 is 9.88 Å². The Kier molecular flexibility index (Phi) is 4.65. The number of nitrogens with zero attached hydrogens (tertiary/aromatic N) is 3. The molecule has 9 heteroatoms. The molecule has 2 aliphatic heterocycles. The van der Waals surface area contributed by atoms with Crippen LogP contribution in [-0.4, -0.2) is 52.3 Å². The number of benzene rings is 2. The molecule has 5 rings (SSSR count). The monoisotopic (exact) mass is 421 g/mol. The summed E-state index contributed by atoms with van der Waals surface area (Å²) in [5, 5.41) is 2.23. The number of nitrogens with one attached hydrogen (secondary N) is 2. The lowest BCUT2D eigenvalue weighted by molar-refractivity contribution is -0.117. The van der Waals surface area contributed by atoms with E-state index in [1.165, 1.54) is 17.0 Å². The fraction of sp³-hybridized carbons (Fsp3) is 0.273. The summed E-state index contributed by atoms with van der Waals surface area (Å²) in [6.07, 6.45) is 1.53. The van der Waals surface area contributed by atoms with Gasteiger partial charge in [0.05, 0.1) is 11.0 Å². The predicted octanol–water partition coefficient (Wildman–Crippen LogP) is 2.78. The summed E-state index contributed by atoms with van der Waals surface area (Å²) in [5.41, 5.74) is 2.53. The van der Waals surface area contributed by atoms with Crippen LogP contribution in [0, 0.1) is 5.82 Å². The first-order valence-corrected chi connectivity index (χ1v) is 10.1. The van der Waals surface area contributed by atoms with Gasteiger partial charge >= 0.3 is 6.03 Å². The standard InChI is InChI=1S/C22H20FN5O3/c23-15-3-6-17-18(11-15)25-20(24-17)13-7-9-27(10-8-13)21(30)14-1-4-16(5-2-14)28-12-19(29)26-22(28)31/h1-6,11,13H,7-10,12H2,(H,24,25)(H,26,29,31). The number of halogens is 1. The van der Waals surface area contributed by atoms with Crippen LogP contribution in [-0.2, 0) is 4.79 Å². The lowest BCUT2D eigenvalue weighted by Gasteiger charge is -2.31. The van der Waals surface area contributed by atoms with Gasteiger partial charge in [0.25, 0.3) is 5.91 Å². The molecule has 2 aliphatic rings. The van der Waals surface area contributed by atoms with E-state index >= 15 is 0 Å². The predicted molar refractivity (Wildman–Crippen MR) is 111 cm³/mol. The molecule has 0 unspecified atom stereocenters. The van der Waals surface area contributed by atoms with Gasteiger partial charge in [-0.1, -0.05) is 0 Å². The lowest BCUT2D eigenvalue weighted by atomic mass is 9.95. The second-order valence-corrected chi connectivity index (χ2v) is 7.84. The highest BCUT2D eigenvalue weighted by Crippen LogP contribution is 2.29. The number of aromatic nitrogens is 2. The molecule has 0 bridgehead atoms. The number of carbonyl (C=O) groups excluding carboxylic acids is 3. The molecule has 158 valence electrons. The molecule has 2 fully saturated rings. The highest BCUT2D eigenvalue weighted by atomic mass is 19.1. The van der Waals surface area contributed by atoms with E-state index in [4.69, 9.17) is 0 Å². The number of imidazole rings is 1. The van der Waals surface area contributed by atoms with Gasteiger partial charge in [0.1, 0.15) is 18.2 Å². The molecule has 0 atom stereocenters. The number of amides is 4. The van der Waals surface area contributed by atoms with Gasteiger partial charge in [-0.3, -0.25) is 19.8 Å². The molecule has 3 aromatic rings. The fourth-order valence-corrected chi connectivity index (χ4v) is 4.17. The van der Waals surface area contributed by atoms with E-state index in [1.54, 1.807) is 35.2 Å². The number of likely N-dealkylation sites (tertiary alicyclic amines) is 1. The molecule has 2 aromatic carbocycles. The molecule has 3 heterocycles. The largest absolute Gasteiger partial charge is 0.342 e. The summed E-state index contributed by atoms with van der Waals surface area (Å²) >= 11 is 0. The Morgan fingerprint density at radius 3 is 2.48 bits per heavy atom. The molecule has 2 N–H and O–H groups in total. The SMILES string of the molecule is O=C1CN(c2ccc(C(=O)N3CCC(c4nc5ccc(F)cc5[nH]4)CC3)cc2)C(=O)N1. The number of hydrogen-bond donors (Lipinski definition) is 2. The van der Waals surface area contributed by atoms with Crippen molar-refractivity contribution in [1.29, 1.82) is 0 Å². The van der Waals surface area contributed by atoms with Crippen LogP contribution in [0.3, 0.4) is 0 Å². The van der Waals surface area contributed by atoms with Crippen molar-refractivity contribution in [3.8, 4) is 0 Å². The van der Waals surface area contributed by atoms with E-state index in [1.807, 2.05) is 0 Å². The molecule has 2 saturated heterocycles. The Labute approximate surface area is 177 Å². The fourth-order valence-electron chi connectivity index (χ4n) is 4.17. The number of aromatic amines is 1. The van der Waals surface area contributed by atoms with Crippen molar-refractivity contribution in [2.24, 2.45) is 0 Å². The third kappa shape index (κ3) is 3.63. The van der Waals surface area contributed by atoms with E-state index in [-0.39, 0.29) is 30.1 Å². The van der Waals surface area contributed by atoms with Crippen LogP contribution >= 0.6 is 0 Å². The molecule has 0 radical (unpaired) electrons. The highest BCUT2D eigenvalue weighted by molar-refractivity contribution is 6.12. The first-order chi connectivity index (χ1) is 15.0. The maximum absolute atomic E-state index is 13.4. The summed E-state index contributed by atoms with van der Waals surface area (Å²) in [7, 11) is 0. The number of hydrogen-bond acceptors (Lipinski definition) is 4. The quantitative estimate of drug-likeness (QED) is 0.636. The second-order valence-electron chi connectivity index (χ2n) is 7.84. The van der Waals surface area contributed by atoms with Gasteiger partial charge in [-0.05, 0) is 55.3 Å². The summed E-state index contributed by atoms with van der Waals surface area (Å²) < 4.78 is 13.4. The molecular formula is C22H20FN5O3. The Bertz CT molecular complexity index is 1180. The first kappa shape index (κ1) is 19.2. The van der Waals surface area contributed by atoms with E-state index in [0.29, 0.717) is 29.9 Å². The Balaban J connectivity index is 1.23. The van der Waals surface area contributed by atoms with E-state index < -0.39 is 6.03 Å². The molecular weight excluding hydrogens is 401 g/mol. The summed E-state index contributed by atoms with van der Waals surface area (Å²) in [6, 6.07) is 10.7. The number of piperidine rings is 1. The topological polar surface area (TPSA) is 98.4 Å². The van der Waals surface area contributed by atoms with Crippen LogP contribution in [0.5, 0.6) is 0 Å². The van der Waals surface area contributed by atoms with Gasteiger partial charge in [0, 0.05) is 30.3 Å². The van der Waals surface area contributed by atoms with Crippen LogP contribution in [0.25, 0.3) is 11.0 Å². The zero-order valence-corrected chi connectivity index (χ0v) is 16.6. The number of anilines is 1. The highest BCUT2D eigenvalue weighted by Gasteiger charge is 2.29. The van der Waals surface area contributed by atoms with Crippen molar-refractivity contribution in [2.75, 3.05) is 24.5 Å². The minimum absolute atomic E-state index is 0.0198. The smallest absolute Gasteiger partial charge is 0.329 e. The lowest BCUT2D eigenvalue weighted by Crippen LogP contribution is -2.38. The Hall–Kier alpha value is -3.75. The zero-order valence-electron chi connectivity index (χ0n) is 16.6. The van der Waals surface area contributed by atoms with Crippen molar-refractivity contribution < 1.29 is 18.8 Å². The molecule has 0 aliphatic carbocycles. The molecule has 0 spiro atoms. The minimum Gasteiger partial charge on any atom is -0.342 e. The summed E-state index contributed by atoms with van der Waals surface area (Å²) in [6.45, 7) is 1.17. The Morgan fingerprint density at radius 2 is 1.81 bits per heavy atom. The van der Waals surface area contributed by atoms with Crippen LogP contribution in [0.15, 0.2) is 42.5 Å². The van der Waals surface area contributed by atoms with Crippen molar-refractivity contribution in [1.82, 2.24) is 20.2 Å². The van der Waals surface area contributed by atoms with Gasteiger partial charge in [-0.2, -0.15) is 0 Å². The zero-order chi connectivity index (χ0) is 21.5. The average molecular weight is 421 g/mol. The van der Waals surface area contributed by atoms with E-state index in [9.17, 15) is 18.8 Å². The average Bonchev–Trinajstić information content (AvgIpc) is 3.35. The number of H-pyrrole nitrogens is 1. The number of urea groups is 1. The normalized spacial score (nSPS) is 17.5. The molecule has 0 saturated carbocycles. The first-order valence-electron chi connectivity index (χ1n) is 10.1. The van der Waals surface area contributed by atoms with E-state index in [2.05, 4.69) is 15.3 Å². The van der Waals surface area contributed by atoms with Crippen LogP contribution in [0.2, 0.25) is 0 Å². The third-order valence-electron chi connectivity index (χ3n) is 5.85. The van der Waals surface area contributed by atoms with Gasteiger partial charge in [0.2, 0.25) is 5.91 Å². The van der Waals surface area contributed by atoms with Crippen LogP contribution in [0.4, 0.5) is 14.9 Å². The van der Waals surface area contributed by atoms with Crippen molar-refractivity contribution in [3.63, 3.8) is 0 Å². The van der Waals surface area contributed by atoms with E-state index in [0.717, 1.165) is 24.2 Å². The minimum atomic E-state index is -0.459. The summed E-state index contributed by atoms with van der Waals surface area (Å²) in [5.74, 6) is 0.302. The van der Waals surface area contributed by atoms with Crippen molar-refractivity contribution in [3.05, 3.63) is 59.7 Å². The maximum atomic E-state index is 13.4. The van der Waals surface area contributed by atoms with Crippen LogP contribution < -0.4 is 10.2 Å². The summed E-state index contributed by atoms with van der Waals surface area (Å²) in [4.78, 5) is 46.9. The second kappa shape index (κ2) is 7.50. The molecule has 4 amide bonds. The third-order valence-corrected chi connectivity index (χ3v) is 5.85.